The molecule has 11 atom stereocenters. The van der Waals surface area contributed by atoms with Crippen LogP contribution in [0.15, 0.2) is 12.2 Å². The summed E-state index contributed by atoms with van der Waals surface area (Å²) in [4.78, 5) is 157. The predicted octanol–water partition coefficient (Wildman–Crippen LogP) is 2.39. The fourth-order valence-corrected chi connectivity index (χ4v) is 9.72. The molecule has 1 fully saturated rings. The second-order valence-electron chi connectivity index (χ2n) is 26.8. The normalized spacial score (nSPS) is 17.9. The van der Waals surface area contributed by atoms with Gasteiger partial charge < -0.3 is 67.8 Å². The van der Waals surface area contributed by atoms with E-state index >= 15 is 0 Å². The van der Waals surface area contributed by atoms with Gasteiger partial charge in [0.1, 0.15) is 52.6 Å². The summed E-state index contributed by atoms with van der Waals surface area (Å²) in [6, 6.07) is -6.67. The summed E-state index contributed by atoms with van der Waals surface area (Å²) in [5, 5.41) is 46.7. The number of hydrogen-bond acceptors (Lipinski definition) is 15. The number of ketones is 1. The highest BCUT2D eigenvalue weighted by Crippen LogP contribution is 2.25. The summed E-state index contributed by atoms with van der Waals surface area (Å²) < 4.78 is 0. The number of likely N-dealkylation sites (tertiary alicyclic amines) is 1. The van der Waals surface area contributed by atoms with Gasteiger partial charge in [0.15, 0.2) is 0 Å². The molecule has 25 heteroatoms. The molecule has 10 unspecified atom stereocenters. The Kier molecular flexibility index (Phi) is 33.6. The Hall–Kier alpha value is -6.05. The first-order valence-corrected chi connectivity index (χ1v) is 31.2. The van der Waals surface area contributed by atoms with Crippen LogP contribution in [0.3, 0.4) is 0 Å². The number of carbonyl (C=O) groups excluding carboxylic acids is 11. The molecule has 498 valence electrons. The molecule has 25 nitrogen and oxygen atoms in total. The maximum Gasteiger partial charge on any atom is 0.246 e. The molecule has 0 radical (unpaired) electrons. The summed E-state index contributed by atoms with van der Waals surface area (Å²) in [6.45, 7) is 30.7. The molecule has 13 N–H and O–H groups in total. The molecule has 87 heavy (non-hydrogen) atoms. The van der Waals surface area contributed by atoms with Gasteiger partial charge in [0, 0.05) is 38.4 Å². The summed E-state index contributed by atoms with van der Waals surface area (Å²) in [5.41, 5.74) is -4.96. The van der Waals surface area contributed by atoms with Gasteiger partial charge in [0.2, 0.25) is 59.1 Å². The zero-order valence-corrected chi connectivity index (χ0v) is 55.5. The third-order valence-corrected chi connectivity index (χ3v) is 15.3. The Morgan fingerprint density at radius 1 is 0.655 bits per heavy atom. The highest BCUT2D eigenvalue weighted by molar-refractivity contribution is 6.00. The van der Waals surface area contributed by atoms with E-state index in [0.29, 0.717) is 32.4 Å². The molecule has 0 saturated carbocycles. The number of nitrogens with zero attached hydrogens (tertiary/aromatic N) is 1. The number of allylic oxidation sites excluding steroid dienone is 1. The number of amides is 10. The fraction of sp³-hybridized carbons (Fsp3) is 0.790. The van der Waals surface area contributed by atoms with Crippen LogP contribution >= 0.6 is 0 Å². The van der Waals surface area contributed by atoms with Gasteiger partial charge >= 0.3 is 0 Å². The number of nitrogens with one attached hydrogen (secondary N) is 9. The smallest absolute Gasteiger partial charge is 0.246 e. The van der Waals surface area contributed by atoms with Gasteiger partial charge in [-0.15, -0.1) is 0 Å². The van der Waals surface area contributed by atoms with Crippen molar-refractivity contribution >= 4 is 64.9 Å². The van der Waals surface area contributed by atoms with Gasteiger partial charge in [-0.05, 0) is 135 Å². The Morgan fingerprint density at radius 3 is 1.75 bits per heavy atom. The van der Waals surface area contributed by atoms with E-state index in [4.69, 9.17) is 5.90 Å². The summed E-state index contributed by atoms with van der Waals surface area (Å²) in [7, 11) is 0. The average molecular weight is 1230 g/mol. The minimum atomic E-state index is -1.83. The lowest BCUT2D eigenvalue weighted by Gasteiger charge is -2.34. The van der Waals surface area contributed by atoms with E-state index in [1.165, 1.54) is 52.5 Å². The number of nitrogens with two attached hydrogens (primary N) is 1. The van der Waals surface area contributed by atoms with Gasteiger partial charge in [-0.25, -0.2) is 5.90 Å². The Balaban J connectivity index is 3.42. The SMILES string of the molecule is CCC(=O)CC(O)CC(C)CC(NC(=O)C1CC(C)CN1C(=O)C=C[C@H](C)CC)C(=O)NC(C(=O)NC(C)(C)C(=O)NC(CC(C)C)C(=O)NC(CC(C)C)C(=O)NC(C)(C)C(=O)NC(C)(C)C(=O)NCCC(=O)NC(C)CCCON)C(O)C(C)C. The highest BCUT2D eigenvalue weighted by Gasteiger charge is 2.43. The van der Waals surface area contributed by atoms with Crippen LogP contribution in [0, 0.1) is 35.5 Å². The van der Waals surface area contributed by atoms with Gasteiger partial charge in [-0.1, -0.05) is 88.7 Å². The van der Waals surface area contributed by atoms with Crippen LogP contribution in [0.5, 0.6) is 0 Å². The number of hydrogen-bond donors (Lipinski definition) is 12. The van der Waals surface area contributed by atoms with Crippen molar-refractivity contribution in [1.29, 1.82) is 0 Å². The molecular formula is C62H111N11O14. The Bertz CT molecular complexity index is 2340. The third kappa shape index (κ3) is 28.3. The van der Waals surface area contributed by atoms with Gasteiger partial charge in [0.25, 0.3) is 0 Å². The minimum Gasteiger partial charge on any atom is -0.393 e. The van der Waals surface area contributed by atoms with Crippen LogP contribution in [0.4, 0.5) is 0 Å². The van der Waals surface area contributed by atoms with Crippen molar-refractivity contribution in [3.05, 3.63) is 12.2 Å². The molecule has 0 spiro atoms. The number of aliphatic hydroxyl groups is 2. The largest absolute Gasteiger partial charge is 0.393 e. The van der Waals surface area contributed by atoms with E-state index < -0.39 is 118 Å². The maximum absolute atomic E-state index is 14.6. The summed E-state index contributed by atoms with van der Waals surface area (Å²) >= 11 is 0. The zero-order chi connectivity index (χ0) is 66.9. The molecule has 1 rings (SSSR count). The van der Waals surface area contributed by atoms with Crippen molar-refractivity contribution in [2.75, 3.05) is 19.7 Å². The molecule has 1 aliphatic rings. The molecular weight excluding hydrogens is 1120 g/mol. The number of Topliss-reactive ketones (excluding diaryl/α,β-unsaturated/α-hetero) is 1. The van der Waals surface area contributed by atoms with Crippen molar-refractivity contribution in [3.8, 4) is 0 Å². The summed E-state index contributed by atoms with van der Waals surface area (Å²) in [5.74, 6) is -3.31. The molecule has 0 bridgehead atoms. The van der Waals surface area contributed by atoms with Crippen molar-refractivity contribution in [3.63, 3.8) is 0 Å². The van der Waals surface area contributed by atoms with Gasteiger partial charge in [0.05, 0.1) is 18.8 Å². The van der Waals surface area contributed by atoms with Crippen LogP contribution in [0.2, 0.25) is 0 Å². The second kappa shape index (κ2) is 37.1. The van der Waals surface area contributed by atoms with Crippen LogP contribution < -0.4 is 53.7 Å². The lowest BCUT2D eigenvalue weighted by Crippen LogP contribution is -2.66. The first-order valence-electron chi connectivity index (χ1n) is 31.2. The van der Waals surface area contributed by atoms with Crippen molar-refractivity contribution in [2.24, 2.45) is 41.4 Å². The number of carbonyl (C=O) groups is 11. The molecule has 0 aromatic rings. The van der Waals surface area contributed by atoms with E-state index in [-0.39, 0.29) is 98.8 Å². The Morgan fingerprint density at radius 2 is 1.20 bits per heavy atom. The molecule has 0 aromatic carbocycles. The zero-order valence-electron chi connectivity index (χ0n) is 55.5. The van der Waals surface area contributed by atoms with E-state index in [1.807, 2.05) is 55.4 Å². The van der Waals surface area contributed by atoms with E-state index in [9.17, 15) is 63.0 Å². The molecule has 1 aliphatic heterocycles. The monoisotopic (exact) mass is 1230 g/mol. The standard InChI is InChI=1S/C62H111N11O14/c1-19-38(9)23-24-49(77)73-34-40(11)32-47(73)55(82)67-46(31-39(10)30-43(75)33-42(74)20-2)53(80)69-50(51(78)37(7)8)56(83)71-61(15,16)58(85)68-44(28-35(3)4)52(79)66-45(29-36(5)6)54(81)70-62(17,18)59(86)72-60(13,14)57(84)64-26-25-48(76)65-41(12)22-21-27-87-63/h23-24,35-41,43-47,50-51,75,78H,19-22,25-34,63H2,1-18H3,(H,64,84)(H,65,76)(H,66,79)(H,67,82)(H,68,85)(H,69,80)(H,70,81)(H,71,83)(H,72,86)/t38-,39?,40?,41?,43?,44?,45?,46?,47?,50?,51?/m1/s1. The van der Waals surface area contributed by atoms with Gasteiger partial charge in [-0.2, -0.15) is 0 Å². The molecule has 1 heterocycles. The topological polar surface area (TPSA) is 375 Å². The fourth-order valence-electron chi connectivity index (χ4n) is 9.72. The molecule has 1 saturated heterocycles. The van der Waals surface area contributed by atoms with Crippen LogP contribution in [0.25, 0.3) is 0 Å². The van der Waals surface area contributed by atoms with Crippen molar-refractivity contribution in [2.45, 2.75) is 260 Å². The first kappa shape index (κ1) is 79.0. The second-order valence-corrected chi connectivity index (χ2v) is 26.8. The molecule has 0 aliphatic carbocycles. The van der Waals surface area contributed by atoms with E-state index in [2.05, 4.69) is 52.7 Å². The van der Waals surface area contributed by atoms with Crippen LogP contribution in [-0.4, -0.2) is 165 Å². The number of aliphatic hydroxyl groups excluding tert-OH is 2. The summed E-state index contributed by atoms with van der Waals surface area (Å²) in [6.07, 6.45) is 3.30. The van der Waals surface area contributed by atoms with Crippen molar-refractivity contribution < 1.29 is 67.8 Å². The van der Waals surface area contributed by atoms with Crippen LogP contribution in [-0.2, 0) is 57.6 Å². The Labute approximate surface area is 517 Å². The first-order chi connectivity index (χ1) is 40.2. The quantitative estimate of drug-likeness (QED) is 0.0239. The van der Waals surface area contributed by atoms with Crippen molar-refractivity contribution in [1.82, 2.24) is 52.8 Å². The minimum absolute atomic E-state index is 0.0145. The maximum atomic E-state index is 14.6. The molecule has 0 aromatic heterocycles. The predicted molar refractivity (Wildman–Crippen MR) is 331 cm³/mol. The average Bonchev–Trinajstić information content (AvgIpc) is 2.85. The lowest BCUT2D eigenvalue weighted by atomic mass is 9.92. The molecule has 10 amide bonds. The van der Waals surface area contributed by atoms with Gasteiger partial charge in [-0.3, -0.25) is 52.7 Å². The lowest BCUT2D eigenvalue weighted by molar-refractivity contribution is -0.140. The van der Waals surface area contributed by atoms with Crippen LogP contribution in [0.1, 0.15) is 195 Å². The third-order valence-electron chi connectivity index (χ3n) is 15.3. The highest BCUT2D eigenvalue weighted by atomic mass is 16.6. The van der Waals surface area contributed by atoms with E-state index in [0.717, 1.165) is 6.42 Å². The number of rotatable bonds is 39. The van der Waals surface area contributed by atoms with E-state index in [1.54, 1.807) is 33.8 Å².